The fourth-order valence-electron chi connectivity index (χ4n) is 4.04. The zero-order chi connectivity index (χ0) is 27.0. The van der Waals surface area contributed by atoms with Gasteiger partial charge in [0.2, 0.25) is 20.0 Å². The number of aliphatic carboxylic acids is 1. The molecule has 0 aromatic heterocycles. The number of piperazine rings is 1. The summed E-state index contributed by atoms with van der Waals surface area (Å²) in [7, 11) is -7.32. The average molecular weight is 578 g/mol. The van der Waals surface area contributed by atoms with Gasteiger partial charge >= 0.3 is 12.1 Å². The molecule has 2 N–H and O–H groups in total. The molecule has 1 heterocycles. The first-order valence-electron chi connectivity index (χ1n) is 11.5. The summed E-state index contributed by atoms with van der Waals surface area (Å²) in [6.45, 7) is 2.07. The maximum atomic E-state index is 13.4. The van der Waals surface area contributed by atoms with Crippen LogP contribution in [0.15, 0.2) is 29.2 Å². The van der Waals surface area contributed by atoms with Gasteiger partial charge in [-0.1, -0.05) is 37.3 Å². The second-order valence-corrected chi connectivity index (χ2v) is 12.9. The standard InChI is InChI=1S/C19H30ClN3O4S2.C2HF3O2/c20-17-7-9-19(10-8-17)29(26,27)23(18-5-3-1-2-4-6-18)15-16-28(24,25)22-13-11-21-12-14-22;3-2(4,5)1(6)7/h7-10,18,21H,1-6,11-16H2;(H,6,7). The lowest BCUT2D eigenvalue weighted by atomic mass is 10.1. The van der Waals surface area contributed by atoms with Gasteiger partial charge in [0.05, 0.1) is 10.6 Å². The molecule has 0 amide bonds. The van der Waals surface area contributed by atoms with Gasteiger partial charge in [0.1, 0.15) is 0 Å². The molecule has 1 aromatic rings. The molecular weight excluding hydrogens is 547 g/mol. The normalized spacial score (nSPS) is 18.8. The van der Waals surface area contributed by atoms with E-state index in [9.17, 15) is 30.0 Å². The molecule has 1 aromatic carbocycles. The van der Waals surface area contributed by atoms with Crippen molar-refractivity contribution in [1.82, 2.24) is 13.9 Å². The summed E-state index contributed by atoms with van der Waals surface area (Å²) in [5.74, 6) is -2.96. The Morgan fingerprint density at radius 3 is 2.00 bits per heavy atom. The molecule has 9 nitrogen and oxygen atoms in total. The van der Waals surface area contributed by atoms with Gasteiger partial charge in [-0.2, -0.15) is 21.8 Å². The van der Waals surface area contributed by atoms with Crippen molar-refractivity contribution < 1.29 is 39.9 Å². The highest BCUT2D eigenvalue weighted by Gasteiger charge is 2.38. The molecule has 0 unspecified atom stereocenters. The fraction of sp³-hybridized carbons (Fsp3) is 0.667. The van der Waals surface area contributed by atoms with Crippen LogP contribution in [0.5, 0.6) is 0 Å². The molecule has 3 rings (SSSR count). The van der Waals surface area contributed by atoms with Gasteiger partial charge in [0.15, 0.2) is 0 Å². The summed E-state index contributed by atoms with van der Waals surface area (Å²) >= 11 is 5.92. The van der Waals surface area contributed by atoms with Crippen molar-refractivity contribution >= 4 is 37.6 Å². The lowest BCUT2D eigenvalue weighted by molar-refractivity contribution is -0.192. The second kappa shape index (κ2) is 13.4. The van der Waals surface area contributed by atoms with Crippen LogP contribution in [0, 0.1) is 0 Å². The second-order valence-electron chi connectivity index (χ2n) is 8.48. The minimum atomic E-state index is -5.08. The summed E-state index contributed by atoms with van der Waals surface area (Å²) < 4.78 is 87.1. The van der Waals surface area contributed by atoms with Crippen molar-refractivity contribution in [3.63, 3.8) is 0 Å². The number of nitrogens with zero attached hydrogens (tertiary/aromatic N) is 2. The number of carboxylic acids is 1. The van der Waals surface area contributed by atoms with E-state index in [-0.39, 0.29) is 23.2 Å². The van der Waals surface area contributed by atoms with Crippen LogP contribution in [-0.2, 0) is 24.8 Å². The Bertz CT molecular complexity index is 1060. The van der Waals surface area contributed by atoms with Crippen LogP contribution in [0.1, 0.15) is 38.5 Å². The Hall–Kier alpha value is -1.45. The smallest absolute Gasteiger partial charge is 0.475 e. The van der Waals surface area contributed by atoms with Crippen LogP contribution < -0.4 is 5.32 Å². The molecule has 2 fully saturated rings. The number of rotatable bonds is 7. The minimum Gasteiger partial charge on any atom is -0.475 e. The van der Waals surface area contributed by atoms with Crippen molar-refractivity contribution in [1.29, 1.82) is 0 Å². The monoisotopic (exact) mass is 577 g/mol. The highest BCUT2D eigenvalue weighted by atomic mass is 35.5. The quantitative estimate of drug-likeness (QED) is 0.478. The van der Waals surface area contributed by atoms with E-state index < -0.39 is 32.2 Å². The Labute approximate surface area is 214 Å². The van der Waals surface area contributed by atoms with Gasteiger partial charge in [-0.15, -0.1) is 0 Å². The number of carboxylic acid groups (broad SMARTS) is 1. The first-order valence-corrected chi connectivity index (χ1v) is 14.9. The predicted octanol–water partition coefficient (Wildman–Crippen LogP) is 2.92. The highest BCUT2D eigenvalue weighted by molar-refractivity contribution is 7.90. The van der Waals surface area contributed by atoms with Gasteiger partial charge in [-0.25, -0.2) is 21.6 Å². The van der Waals surface area contributed by atoms with Crippen LogP contribution in [0.2, 0.25) is 5.02 Å². The van der Waals surface area contributed by atoms with E-state index in [1.807, 2.05) is 0 Å². The zero-order valence-corrected chi connectivity index (χ0v) is 22.0. The number of alkyl halides is 3. The zero-order valence-electron chi connectivity index (χ0n) is 19.6. The Morgan fingerprint density at radius 2 is 1.53 bits per heavy atom. The maximum Gasteiger partial charge on any atom is 0.490 e. The molecule has 0 spiro atoms. The van der Waals surface area contributed by atoms with E-state index >= 15 is 0 Å². The molecular formula is C21H31ClF3N3O6S2. The summed E-state index contributed by atoms with van der Waals surface area (Å²) in [4.78, 5) is 9.05. The molecule has 1 saturated heterocycles. The van der Waals surface area contributed by atoms with Crippen molar-refractivity contribution in [2.75, 3.05) is 38.5 Å². The van der Waals surface area contributed by atoms with Crippen molar-refractivity contribution in [3.8, 4) is 0 Å². The van der Waals surface area contributed by atoms with E-state index in [0.717, 1.165) is 38.5 Å². The van der Waals surface area contributed by atoms with Crippen LogP contribution in [0.25, 0.3) is 0 Å². The van der Waals surface area contributed by atoms with Crippen molar-refractivity contribution in [2.24, 2.45) is 0 Å². The third-order valence-corrected chi connectivity index (χ3v) is 10.0. The Morgan fingerprint density at radius 1 is 1.03 bits per heavy atom. The van der Waals surface area contributed by atoms with Gasteiger partial charge in [0.25, 0.3) is 0 Å². The van der Waals surface area contributed by atoms with E-state index in [2.05, 4.69) is 5.32 Å². The number of hydrogen-bond acceptors (Lipinski definition) is 6. The number of sulfonamides is 2. The van der Waals surface area contributed by atoms with E-state index in [1.165, 1.54) is 20.7 Å². The average Bonchev–Trinajstić information content (AvgIpc) is 3.09. The molecule has 15 heteroatoms. The van der Waals surface area contributed by atoms with Crippen LogP contribution in [-0.4, -0.2) is 87.2 Å². The number of carbonyl (C=O) groups is 1. The molecule has 1 saturated carbocycles. The SMILES string of the molecule is O=C(O)C(F)(F)F.O=S(=O)(CCN(C1CCCCCC1)S(=O)(=O)c1ccc(Cl)cc1)N1CCNCC1. The third-order valence-electron chi connectivity index (χ3n) is 5.93. The van der Waals surface area contributed by atoms with Gasteiger partial charge in [-0.3, -0.25) is 0 Å². The molecule has 0 bridgehead atoms. The van der Waals surface area contributed by atoms with E-state index in [0.29, 0.717) is 31.2 Å². The molecule has 2 aliphatic rings. The number of halogens is 4. The largest absolute Gasteiger partial charge is 0.490 e. The lowest BCUT2D eigenvalue weighted by Crippen LogP contribution is -2.49. The number of nitrogens with one attached hydrogen (secondary N) is 1. The Balaban J connectivity index is 0.000000572. The number of hydrogen-bond donors (Lipinski definition) is 2. The van der Waals surface area contributed by atoms with E-state index in [1.54, 1.807) is 12.1 Å². The first kappa shape index (κ1) is 30.8. The van der Waals surface area contributed by atoms with E-state index in [4.69, 9.17) is 21.5 Å². The maximum absolute atomic E-state index is 13.4. The van der Waals surface area contributed by atoms with Crippen LogP contribution in [0.4, 0.5) is 13.2 Å². The van der Waals surface area contributed by atoms with Crippen LogP contribution in [0.3, 0.4) is 0 Å². The molecule has 36 heavy (non-hydrogen) atoms. The minimum absolute atomic E-state index is 0.0259. The molecule has 0 radical (unpaired) electrons. The molecule has 0 atom stereocenters. The fourth-order valence-corrected chi connectivity index (χ4v) is 7.40. The summed E-state index contributed by atoms with van der Waals surface area (Å²) in [6, 6.07) is 5.92. The highest BCUT2D eigenvalue weighted by Crippen LogP contribution is 2.28. The van der Waals surface area contributed by atoms with Gasteiger partial charge in [0, 0.05) is 43.8 Å². The Kier molecular flexibility index (Phi) is 11.4. The predicted molar refractivity (Wildman–Crippen MR) is 129 cm³/mol. The molecule has 1 aliphatic heterocycles. The van der Waals surface area contributed by atoms with Gasteiger partial charge in [-0.05, 0) is 37.1 Å². The van der Waals surface area contributed by atoms with Crippen molar-refractivity contribution in [2.45, 2.75) is 55.6 Å². The van der Waals surface area contributed by atoms with Crippen molar-refractivity contribution in [3.05, 3.63) is 29.3 Å². The number of benzene rings is 1. The van der Waals surface area contributed by atoms with Crippen LogP contribution >= 0.6 is 11.6 Å². The summed E-state index contributed by atoms with van der Waals surface area (Å²) in [6.07, 6.45) is 0.541. The van der Waals surface area contributed by atoms with Gasteiger partial charge < -0.3 is 10.4 Å². The topological polar surface area (TPSA) is 124 Å². The summed E-state index contributed by atoms with van der Waals surface area (Å²) in [5, 5.41) is 10.7. The third kappa shape index (κ3) is 9.14. The summed E-state index contributed by atoms with van der Waals surface area (Å²) in [5.41, 5.74) is 0. The molecule has 206 valence electrons. The molecule has 1 aliphatic carbocycles. The first-order chi connectivity index (χ1) is 16.7. The lowest BCUT2D eigenvalue weighted by Gasteiger charge is -2.32.